The van der Waals surface area contributed by atoms with Gasteiger partial charge < -0.3 is 14.2 Å². The van der Waals surface area contributed by atoms with E-state index in [2.05, 4.69) is 22.0 Å². The highest BCUT2D eigenvalue weighted by atomic mass is 16.5. The number of carbonyl (C=O) groups is 1. The molecule has 2 aromatic rings. The second-order valence-electron chi connectivity index (χ2n) is 7.19. The van der Waals surface area contributed by atoms with Crippen LogP contribution >= 0.6 is 0 Å². The summed E-state index contributed by atoms with van der Waals surface area (Å²) >= 11 is 0. The van der Waals surface area contributed by atoms with Crippen LogP contribution in [0.4, 0.5) is 0 Å². The third kappa shape index (κ3) is 3.23. The first kappa shape index (κ1) is 17.1. The molecule has 0 aliphatic carbocycles. The molecule has 138 valence electrons. The monoisotopic (exact) mass is 356 g/mol. The first-order chi connectivity index (χ1) is 12.6. The van der Waals surface area contributed by atoms with Gasteiger partial charge in [-0.2, -0.15) is 4.98 Å². The zero-order valence-electron chi connectivity index (χ0n) is 15.3. The number of aryl methyl sites for hydroxylation is 2. The van der Waals surface area contributed by atoms with E-state index < -0.39 is 0 Å². The number of amides is 1. The van der Waals surface area contributed by atoms with E-state index in [1.807, 2.05) is 24.0 Å². The Labute approximate surface area is 152 Å². The minimum absolute atomic E-state index is 0.0528. The number of aromatic nitrogens is 3. The minimum Gasteiger partial charge on any atom is -0.362 e. The van der Waals surface area contributed by atoms with Gasteiger partial charge in [0.1, 0.15) is 6.10 Å². The average molecular weight is 356 g/mol. The molecule has 2 aliphatic rings. The largest absolute Gasteiger partial charge is 0.362 e. The summed E-state index contributed by atoms with van der Waals surface area (Å²) in [4.78, 5) is 23.2. The minimum atomic E-state index is -0.172. The fourth-order valence-electron chi connectivity index (χ4n) is 3.86. The molecule has 4 rings (SSSR count). The van der Waals surface area contributed by atoms with Gasteiger partial charge in [0, 0.05) is 25.0 Å². The number of pyridine rings is 1. The number of hydrogen-bond acceptors (Lipinski definition) is 6. The summed E-state index contributed by atoms with van der Waals surface area (Å²) in [5.41, 5.74) is 1.49. The van der Waals surface area contributed by atoms with Crippen LogP contribution in [0.3, 0.4) is 0 Å². The van der Waals surface area contributed by atoms with Gasteiger partial charge in [-0.3, -0.25) is 9.78 Å². The summed E-state index contributed by atoms with van der Waals surface area (Å²) in [6, 6.07) is 3.80. The molecule has 1 atom stereocenters. The van der Waals surface area contributed by atoms with Crippen molar-refractivity contribution in [2.75, 3.05) is 13.1 Å². The predicted octanol–water partition coefficient (Wildman–Crippen LogP) is 2.86. The molecule has 0 bridgehead atoms. The van der Waals surface area contributed by atoms with Crippen LogP contribution in [0.25, 0.3) is 0 Å². The Morgan fingerprint density at radius 1 is 1.31 bits per heavy atom. The molecule has 4 heterocycles. The third-order valence-electron chi connectivity index (χ3n) is 5.47. The maximum Gasteiger partial charge on any atom is 0.255 e. The van der Waals surface area contributed by atoms with E-state index in [0.717, 1.165) is 37.8 Å². The summed E-state index contributed by atoms with van der Waals surface area (Å²) in [7, 11) is 0. The number of likely N-dealkylation sites (tertiary alicyclic amines) is 1. The van der Waals surface area contributed by atoms with Crippen molar-refractivity contribution in [3.63, 3.8) is 0 Å². The van der Waals surface area contributed by atoms with Crippen LogP contribution in [-0.4, -0.2) is 44.6 Å². The Balaban J connectivity index is 1.37. The number of piperidine rings is 1. The first-order valence-corrected chi connectivity index (χ1v) is 9.31. The van der Waals surface area contributed by atoms with Gasteiger partial charge in [-0.25, -0.2) is 0 Å². The second kappa shape index (κ2) is 6.79. The molecule has 2 aliphatic heterocycles. The van der Waals surface area contributed by atoms with Crippen molar-refractivity contribution in [2.45, 2.75) is 57.7 Å². The molecule has 7 nitrogen and oxygen atoms in total. The van der Waals surface area contributed by atoms with E-state index in [9.17, 15) is 4.79 Å². The molecule has 2 fully saturated rings. The molecule has 26 heavy (non-hydrogen) atoms. The fraction of sp³-hybridized carbons (Fsp3) is 0.579. The van der Waals surface area contributed by atoms with Gasteiger partial charge in [0.05, 0.1) is 11.2 Å². The number of carbonyl (C=O) groups excluding carboxylic acids is 1. The maximum absolute atomic E-state index is 12.7. The number of ether oxygens (including phenoxy) is 1. The van der Waals surface area contributed by atoms with E-state index in [1.54, 1.807) is 6.20 Å². The molecule has 1 amide bonds. The highest BCUT2D eigenvalue weighted by molar-refractivity contribution is 5.94. The van der Waals surface area contributed by atoms with Gasteiger partial charge >= 0.3 is 0 Å². The lowest BCUT2D eigenvalue weighted by molar-refractivity contribution is -0.0820. The molecule has 0 saturated carbocycles. The molecule has 0 N–H and O–H groups in total. The number of rotatable bonds is 3. The number of hydrogen-bond donors (Lipinski definition) is 0. The Bertz CT molecular complexity index is 778. The molecular weight excluding hydrogens is 332 g/mol. The fourth-order valence-corrected chi connectivity index (χ4v) is 3.86. The Morgan fingerprint density at radius 2 is 2.12 bits per heavy atom. The standard InChI is InChI=1S/C19H24N4O3/c1-3-15-5-4-14(12-20-15)18(24)23-10-8-19(9-11-23)7-6-16(25-19)17-21-13(2)22-26-17/h4-5,12,16H,3,6-11H2,1-2H3. The molecule has 1 spiro atoms. The lowest BCUT2D eigenvalue weighted by Crippen LogP contribution is -2.46. The first-order valence-electron chi connectivity index (χ1n) is 9.31. The topological polar surface area (TPSA) is 81.4 Å². The van der Waals surface area contributed by atoms with Crippen LogP contribution in [0.5, 0.6) is 0 Å². The van der Waals surface area contributed by atoms with E-state index in [-0.39, 0.29) is 17.6 Å². The van der Waals surface area contributed by atoms with Crippen molar-refractivity contribution in [3.05, 3.63) is 41.3 Å². The van der Waals surface area contributed by atoms with Gasteiger partial charge in [-0.1, -0.05) is 12.1 Å². The molecule has 1 unspecified atom stereocenters. The van der Waals surface area contributed by atoms with Gasteiger partial charge in [0.15, 0.2) is 5.82 Å². The van der Waals surface area contributed by atoms with E-state index in [4.69, 9.17) is 9.26 Å². The summed E-state index contributed by atoms with van der Waals surface area (Å²) in [5, 5.41) is 3.85. The summed E-state index contributed by atoms with van der Waals surface area (Å²) in [6.07, 6.45) is 5.96. The maximum atomic E-state index is 12.7. The number of nitrogens with zero attached hydrogens (tertiary/aromatic N) is 4. The predicted molar refractivity (Wildman–Crippen MR) is 93.6 cm³/mol. The van der Waals surface area contributed by atoms with Crippen LogP contribution in [0.1, 0.15) is 66.5 Å². The summed E-state index contributed by atoms with van der Waals surface area (Å²) in [6.45, 7) is 5.26. The van der Waals surface area contributed by atoms with Crippen LogP contribution in [0, 0.1) is 6.92 Å². The Hall–Kier alpha value is -2.28. The third-order valence-corrected chi connectivity index (χ3v) is 5.47. The van der Waals surface area contributed by atoms with Crippen LogP contribution < -0.4 is 0 Å². The molecule has 0 aromatic carbocycles. The molecular formula is C19H24N4O3. The highest BCUT2D eigenvalue weighted by Gasteiger charge is 2.45. The van der Waals surface area contributed by atoms with Crippen molar-refractivity contribution in [1.82, 2.24) is 20.0 Å². The van der Waals surface area contributed by atoms with Crippen molar-refractivity contribution < 1.29 is 14.1 Å². The quantitative estimate of drug-likeness (QED) is 0.841. The Kier molecular flexibility index (Phi) is 4.48. The average Bonchev–Trinajstić information content (AvgIpc) is 3.29. The highest BCUT2D eigenvalue weighted by Crippen LogP contribution is 2.44. The SMILES string of the molecule is CCc1ccc(C(=O)N2CCC3(CCC(c4nc(C)no4)O3)CC2)cn1. The zero-order chi connectivity index (χ0) is 18.1. The van der Waals surface area contributed by atoms with Crippen molar-refractivity contribution in [2.24, 2.45) is 0 Å². The van der Waals surface area contributed by atoms with Crippen molar-refractivity contribution in [3.8, 4) is 0 Å². The lowest BCUT2D eigenvalue weighted by atomic mass is 9.88. The van der Waals surface area contributed by atoms with E-state index >= 15 is 0 Å². The second-order valence-corrected chi connectivity index (χ2v) is 7.19. The van der Waals surface area contributed by atoms with Crippen molar-refractivity contribution >= 4 is 5.91 Å². The van der Waals surface area contributed by atoms with Crippen LogP contribution in [-0.2, 0) is 11.2 Å². The smallest absolute Gasteiger partial charge is 0.255 e. The lowest BCUT2D eigenvalue weighted by Gasteiger charge is -2.39. The normalized spacial score (nSPS) is 22.1. The molecule has 2 aromatic heterocycles. The van der Waals surface area contributed by atoms with Crippen LogP contribution in [0.15, 0.2) is 22.9 Å². The molecule has 0 radical (unpaired) electrons. The Morgan fingerprint density at radius 3 is 2.73 bits per heavy atom. The summed E-state index contributed by atoms with van der Waals surface area (Å²) in [5.74, 6) is 1.25. The van der Waals surface area contributed by atoms with E-state index in [0.29, 0.717) is 30.4 Å². The van der Waals surface area contributed by atoms with E-state index in [1.165, 1.54) is 0 Å². The van der Waals surface area contributed by atoms with Gasteiger partial charge in [-0.05, 0) is 51.2 Å². The van der Waals surface area contributed by atoms with Gasteiger partial charge in [0.2, 0.25) is 0 Å². The van der Waals surface area contributed by atoms with Gasteiger partial charge in [0.25, 0.3) is 11.8 Å². The van der Waals surface area contributed by atoms with Gasteiger partial charge in [-0.15, -0.1) is 0 Å². The zero-order valence-corrected chi connectivity index (χ0v) is 15.3. The molecule has 7 heteroatoms. The van der Waals surface area contributed by atoms with Crippen molar-refractivity contribution in [1.29, 1.82) is 0 Å². The summed E-state index contributed by atoms with van der Waals surface area (Å²) < 4.78 is 11.6. The van der Waals surface area contributed by atoms with Crippen LogP contribution in [0.2, 0.25) is 0 Å². The molecule has 2 saturated heterocycles.